The van der Waals surface area contributed by atoms with Crippen LogP contribution >= 0.6 is 23.4 Å². The Morgan fingerprint density at radius 1 is 1.30 bits per heavy atom. The van der Waals surface area contributed by atoms with E-state index in [0.29, 0.717) is 16.6 Å². The van der Waals surface area contributed by atoms with Crippen molar-refractivity contribution >= 4 is 23.4 Å². The van der Waals surface area contributed by atoms with E-state index in [1.54, 1.807) is 0 Å². The molecule has 1 heterocycles. The van der Waals surface area contributed by atoms with Crippen LogP contribution in [0.5, 0.6) is 0 Å². The Morgan fingerprint density at radius 2 is 2.00 bits per heavy atom. The van der Waals surface area contributed by atoms with Gasteiger partial charge in [-0.2, -0.15) is 0 Å². The molecule has 1 aromatic heterocycles. The zero-order chi connectivity index (χ0) is 14.5. The fourth-order valence-corrected chi connectivity index (χ4v) is 2.57. The van der Waals surface area contributed by atoms with Gasteiger partial charge in [0, 0.05) is 17.0 Å². The van der Waals surface area contributed by atoms with Gasteiger partial charge < -0.3 is 4.98 Å². The van der Waals surface area contributed by atoms with Crippen LogP contribution in [0.15, 0.2) is 34.2 Å². The molecule has 2 aromatic rings. The minimum atomic E-state index is -0.0391. The van der Waals surface area contributed by atoms with Crippen molar-refractivity contribution in [1.82, 2.24) is 9.97 Å². The third-order valence-electron chi connectivity index (χ3n) is 3.05. The standard InChI is InChI=1S/C15H17ClN2OS/c1-3-4-13-12(14(19)18-15(17-13)20-2)9-10-5-7-11(16)8-6-10/h5-8H,3-4,9H2,1-2H3,(H,17,18,19). The van der Waals surface area contributed by atoms with E-state index in [2.05, 4.69) is 16.9 Å². The first-order valence-corrected chi connectivity index (χ1v) is 8.14. The van der Waals surface area contributed by atoms with Crippen molar-refractivity contribution in [3.63, 3.8) is 0 Å². The Balaban J connectivity index is 2.39. The molecule has 1 N–H and O–H groups in total. The summed E-state index contributed by atoms with van der Waals surface area (Å²) in [6, 6.07) is 7.57. The molecular formula is C15H17ClN2OS. The lowest BCUT2D eigenvalue weighted by molar-refractivity contribution is 0.789. The molecule has 0 aliphatic carbocycles. The number of aromatic amines is 1. The van der Waals surface area contributed by atoms with Gasteiger partial charge in [0.1, 0.15) is 0 Å². The Bertz CT molecular complexity index is 637. The van der Waals surface area contributed by atoms with Crippen LogP contribution in [0.4, 0.5) is 0 Å². The van der Waals surface area contributed by atoms with E-state index in [9.17, 15) is 4.79 Å². The third-order valence-corrected chi connectivity index (χ3v) is 3.89. The molecule has 5 heteroatoms. The highest BCUT2D eigenvalue weighted by Gasteiger charge is 2.11. The normalized spacial score (nSPS) is 10.8. The van der Waals surface area contributed by atoms with Gasteiger partial charge in [0.15, 0.2) is 5.16 Å². The first-order valence-electron chi connectivity index (χ1n) is 6.54. The van der Waals surface area contributed by atoms with E-state index < -0.39 is 0 Å². The van der Waals surface area contributed by atoms with E-state index in [-0.39, 0.29) is 5.56 Å². The molecule has 0 radical (unpaired) electrons. The van der Waals surface area contributed by atoms with Crippen molar-refractivity contribution in [2.75, 3.05) is 6.26 Å². The molecule has 0 amide bonds. The highest BCUT2D eigenvalue weighted by atomic mass is 35.5. The first-order chi connectivity index (χ1) is 9.63. The lowest BCUT2D eigenvalue weighted by atomic mass is 10.0. The smallest absolute Gasteiger partial charge is 0.255 e. The van der Waals surface area contributed by atoms with Crippen LogP contribution in [-0.4, -0.2) is 16.2 Å². The number of benzene rings is 1. The molecular weight excluding hydrogens is 292 g/mol. The summed E-state index contributed by atoms with van der Waals surface area (Å²) in [4.78, 5) is 19.6. The molecule has 0 bridgehead atoms. The Morgan fingerprint density at radius 3 is 2.60 bits per heavy atom. The van der Waals surface area contributed by atoms with Crippen LogP contribution in [0.3, 0.4) is 0 Å². The second kappa shape index (κ2) is 6.95. The van der Waals surface area contributed by atoms with Crippen molar-refractivity contribution in [1.29, 1.82) is 0 Å². The topological polar surface area (TPSA) is 45.8 Å². The summed E-state index contributed by atoms with van der Waals surface area (Å²) in [5.41, 5.74) is 2.68. The summed E-state index contributed by atoms with van der Waals surface area (Å²) < 4.78 is 0. The molecule has 0 atom stereocenters. The molecule has 0 saturated heterocycles. The van der Waals surface area contributed by atoms with Gasteiger partial charge in [0.2, 0.25) is 0 Å². The number of H-pyrrole nitrogens is 1. The second-order valence-corrected chi connectivity index (χ2v) is 5.79. The predicted octanol–water partition coefficient (Wildman–Crippen LogP) is 3.69. The molecule has 0 fully saturated rings. The fraction of sp³-hybridized carbons (Fsp3) is 0.333. The van der Waals surface area contributed by atoms with Crippen molar-refractivity contribution in [2.24, 2.45) is 0 Å². The molecule has 1 aromatic carbocycles. The van der Waals surface area contributed by atoms with Crippen LogP contribution in [0.1, 0.15) is 30.2 Å². The van der Waals surface area contributed by atoms with Crippen molar-refractivity contribution in [3.05, 3.63) is 56.5 Å². The van der Waals surface area contributed by atoms with Crippen LogP contribution in [0, 0.1) is 0 Å². The largest absolute Gasteiger partial charge is 0.301 e. The summed E-state index contributed by atoms with van der Waals surface area (Å²) >= 11 is 7.34. The van der Waals surface area contributed by atoms with Gasteiger partial charge in [0.25, 0.3) is 5.56 Å². The zero-order valence-electron chi connectivity index (χ0n) is 11.6. The average Bonchev–Trinajstić information content (AvgIpc) is 2.44. The lowest BCUT2D eigenvalue weighted by Crippen LogP contribution is -2.19. The number of rotatable bonds is 5. The SMILES string of the molecule is CCCc1nc(SC)[nH]c(=O)c1Cc1ccc(Cl)cc1. The molecule has 2 rings (SSSR count). The summed E-state index contributed by atoms with van der Waals surface area (Å²) in [5, 5.41) is 1.38. The Kier molecular flexibility index (Phi) is 5.26. The molecule has 106 valence electrons. The lowest BCUT2D eigenvalue weighted by Gasteiger charge is -2.09. The zero-order valence-corrected chi connectivity index (χ0v) is 13.1. The first kappa shape index (κ1) is 15.1. The molecule has 0 aliphatic rings. The van der Waals surface area contributed by atoms with E-state index >= 15 is 0 Å². The maximum atomic E-state index is 12.2. The number of hydrogen-bond donors (Lipinski definition) is 1. The quantitative estimate of drug-likeness (QED) is 0.677. The highest BCUT2D eigenvalue weighted by Crippen LogP contribution is 2.16. The molecule has 0 aliphatic heterocycles. The van der Waals surface area contributed by atoms with Crippen LogP contribution in [0.2, 0.25) is 5.02 Å². The van der Waals surface area contributed by atoms with Gasteiger partial charge >= 0.3 is 0 Å². The summed E-state index contributed by atoms with van der Waals surface area (Å²) in [6.07, 6.45) is 4.29. The maximum Gasteiger partial charge on any atom is 0.255 e. The number of aromatic nitrogens is 2. The minimum Gasteiger partial charge on any atom is -0.301 e. The number of nitrogens with one attached hydrogen (secondary N) is 1. The summed E-state index contributed by atoms with van der Waals surface area (Å²) in [6.45, 7) is 2.09. The monoisotopic (exact) mass is 308 g/mol. The predicted molar refractivity (Wildman–Crippen MR) is 84.9 cm³/mol. The van der Waals surface area contributed by atoms with Crippen molar-refractivity contribution in [2.45, 2.75) is 31.3 Å². The van der Waals surface area contributed by atoms with Crippen molar-refractivity contribution in [3.8, 4) is 0 Å². The van der Waals surface area contributed by atoms with Gasteiger partial charge in [-0.25, -0.2) is 4.98 Å². The number of nitrogens with zero attached hydrogens (tertiary/aromatic N) is 1. The van der Waals surface area contributed by atoms with Crippen LogP contribution in [0.25, 0.3) is 0 Å². The molecule has 0 saturated carbocycles. The maximum absolute atomic E-state index is 12.2. The highest BCUT2D eigenvalue weighted by molar-refractivity contribution is 7.98. The third kappa shape index (κ3) is 3.64. The van der Waals surface area contributed by atoms with E-state index in [4.69, 9.17) is 11.6 Å². The molecule has 0 unspecified atom stereocenters. The Labute approximate surface area is 127 Å². The van der Waals surface area contributed by atoms with Crippen molar-refractivity contribution < 1.29 is 0 Å². The van der Waals surface area contributed by atoms with Crippen LogP contribution < -0.4 is 5.56 Å². The van der Waals surface area contributed by atoms with Gasteiger partial charge in [-0.15, -0.1) is 0 Å². The number of hydrogen-bond acceptors (Lipinski definition) is 3. The van der Waals surface area contributed by atoms with Gasteiger partial charge in [0.05, 0.1) is 5.69 Å². The van der Waals surface area contributed by atoms with Gasteiger partial charge in [-0.3, -0.25) is 4.79 Å². The van der Waals surface area contributed by atoms with Crippen LogP contribution in [-0.2, 0) is 12.8 Å². The van der Waals surface area contributed by atoms with Gasteiger partial charge in [-0.05, 0) is 30.4 Å². The molecule has 0 spiro atoms. The van der Waals surface area contributed by atoms with E-state index in [0.717, 1.165) is 29.7 Å². The Hall–Kier alpha value is -1.26. The fourth-order valence-electron chi connectivity index (χ4n) is 2.05. The number of thioether (sulfide) groups is 1. The van der Waals surface area contributed by atoms with E-state index in [1.165, 1.54) is 11.8 Å². The molecule has 3 nitrogen and oxygen atoms in total. The summed E-state index contributed by atoms with van der Waals surface area (Å²) in [5.74, 6) is 0. The van der Waals surface area contributed by atoms with E-state index in [1.807, 2.05) is 30.5 Å². The molecule has 20 heavy (non-hydrogen) atoms. The minimum absolute atomic E-state index is 0.0391. The second-order valence-electron chi connectivity index (χ2n) is 4.55. The number of aryl methyl sites for hydroxylation is 1. The van der Waals surface area contributed by atoms with Gasteiger partial charge in [-0.1, -0.05) is 48.8 Å². The average molecular weight is 309 g/mol. The number of halogens is 1. The summed E-state index contributed by atoms with van der Waals surface area (Å²) in [7, 11) is 0.